The van der Waals surface area contributed by atoms with E-state index < -0.39 is 10.0 Å². The zero-order valence-electron chi connectivity index (χ0n) is 11.1. The van der Waals surface area contributed by atoms with E-state index in [1.165, 1.54) is 24.3 Å². The van der Waals surface area contributed by atoms with Crippen molar-refractivity contribution in [3.05, 3.63) is 42.2 Å². The van der Waals surface area contributed by atoms with E-state index in [0.717, 1.165) is 18.5 Å². The zero-order chi connectivity index (χ0) is 14.6. The van der Waals surface area contributed by atoms with Gasteiger partial charge < -0.3 is 5.73 Å². The van der Waals surface area contributed by atoms with Gasteiger partial charge in [-0.25, -0.2) is 23.1 Å². The van der Waals surface area contributed by atoms with Crippen LogP contribution in [0.15, 0.2) is 41.4 Å². The molecule has 1 aromatic carbocycles. The van der Waals surface area contributed by atoms with Crippen LogP contribution < -0.4 is 10.5 Å². The van der Waals surface area contributed by atoms with Crippen LogP contribution in [0.25, 0.3) is 0 Å². The van der Waals surface area contributed by atoms with Crippen molar-refractivity contribution in [1.82, 2.24) is 9.97 Å². The number of hydrogen-bond donors (Lipinski definition) is 2. The van der Waals surface area contributed by atoms with Gasteiger partial charge in [0.05, 0.1) is 4.90 Å². The lowest BCUT2D eigenvalue weighted by Gasteiger charge is -2.07. The Kier molecular flexibility index (Phi) is 4.19. The van der Waals surface area contributed by atoms with Gasteiger partial charge in [-0.1, -0.05) is 13.3 Å². The lowest BCUT2D eigenvalue weighted by atomic mass is 10.2. The van der Waals surface area contributed by atoms with Crippen LogP contribution in [0.4, 0.5) is 11.6 Å². The summed E-state index contributed by atoms with van der Waals surface area (Å²) in [5, 5.41) is 0. The van der Waals surface area contributed by atoms with Gasteiger partial charge in [0.25, 0.3) is 10.0 Å². The van der Waals surface area contributed by atoms with Crippen LogP contribution in [-0.2, 0) is 16.4 Å². The number of nitrogens with two attached hydrogens (primary N) is 1. The third-order valence-electron chi connectivity index (χ3n) is 2.64. The van der Waals surface area contributed by atoms with Crippen molar-refractivity contribution in [2.75, 3.05) is 10.5 Å². The van der Waals surface area contributed by atoms with E-state index in [1.807, 2.05) is 6.92 Å². The molecule has 0 fully saturated rings. The molecule has 0 aliphatic carbocycles. The van der Waals surface area contributed by atoms with E-state index in [9.17, 15) is 8.42 Å². The number of hydrogen-bond acceptors (Lipinski definition) is 5. The second-order valence-corrected chi connectivity index (χ2v) is 5.98. The molecule has 0 spiro atoms. The van der Waals surface area contributed by atoms with Crippen molar-refractivity contribution >= 4 is 21.7 Å². The highest BCUT2D eigenvalue weighted by Gasteiger charge is 2.15. The predicted octanol–water partition coefficient (Wildman–Crippen LogP) is 1.81. The SMILES string of the molecule is CCCc1ccnc(NS(=O)(=O)c2ccc(N)cc2)n1. The molecule has 7 heteroatoms. The van der Waals surface area contributed by atoms with Crippen LogP contribution in [0.3, 0.4) is 0 Å². The number of benzene rings is 1. The van der Waals surface area contributed by atoms with Gasteiger partial charge in [0.1, 0.15) is 0 Å². The molecule has 0 radical (unpaired) electrons. The van der Waals surface area contributed by atoms with Gasteiger partial charge in [-0.05, 0) is 36.8 Å². The van der Waals surface area contributed by atoms with Crippen LogP contribution in [-0.4, -0.2) is 18.4 Å². The molecule has 2 rings (SSSR count). The van der Waals surface area contributed by atoms with E-state index >= 15 is 0 Å². The normalized spacial score (nSPS) is 11.2. The second kappa shape index (κ2) is 5.87. The molecule has 0 atom stereocenters. The second-order valence-electron chi connectivity index (χ2n) is 4.30. The van der Waals surface area contributed by atoms with Gasteiger partial charge in [0, 0.05) is 17.6 Å². The first-order valence-electron chi connectivity index (χ1n) is 6.21. The Morgan fingerprint density at radius 3 is 2.55 bits per heavy atom. The van der Waals surface area contributed by atoms with Crippen molar-refractivity contribution < 1.29 is 8.42 Å². The smallest absolute Gasteiger partial charge is 0.264 e. The standard InChI is InChI=1S/C13H16N4O2S/c1-2-3-11-8-9-15-13(16-11)17-20(18,19)12-6-4-10(14)5-7-12/h4-9H,2-3,14H2,1H3,(H,15,16,17). The predicted molar refractivity (Wildman–Crippen MR) is 77.7 cm³/mol. The van der Waals surface area contributed by atoms with E-state index in [1.54, 1.807) is 12.3 Å². The monoisotopic (exact) mass is 292 g/mol. The maximum absolute atomic E-state index is 12.2. The quantitative estimate of drug-likeness (QED) is 0.819. The molecule has 0 aliphatic heterocycles. The molecule has 0 saturated heterocycles. The summed E-state index contributed by atoms with van der Waals surface area (Å²) >= 11 is 0. The summed E-state index contributed by atoms with van der Waals surface area (Å²) in [6.07, 6.45) is 3.25. The lowest BCUT2D eigenvalue weighted by Crippen LogP contribution is -2.15. The number of nitrogen functional groups attached to an aromatic ring is 1. The Balaban J connectivity index is 2.24. The van der Waals surface area contributed by atoms with Gasteiger partial charge >= 0.3 is 0 Å². The maximum atomic E-state index is 12.2. The largest absolute Gasteiger partial charge is 0.399 e. The number of nitrogens with one attached hydrogen (secondary N) is 1. The number of rotatable bonds is 5. The molecule has 0 bridgehead atoms. The molecule has 0 amide bonds. The molecule has 1 aromatic heterocycles. The van der Waals surface area contributed by atoms with Crippen molar-refractivity contribution in [2.24, 2.45) is 0 Å². The fraction of sp³-hybridized carbons (Fsp3) is 0.231. The summed E-state index contributed by atoms with van der Waals surface area (Å²) in [6.45, 7) is 2.03. The Morgan fingerprint density at radius 1 is 1.20 bits per heavy atom. The highest BCUT2D eigenvalue weighted by Crippen LogP contribution is 2.15. The molecule has 0 unspecified atom stereocenters. The van der Waals surface area contributed by atoms with Gasteiger partial charge in [-0.15, -0.1) is 0 Å². The Bertz CT molecular complexity index is 684. The van der Waals surface area contributed by atoms with Crippen LogP contribution in [0.1, 0.15) is 19.0 Å². The van der Waals surface area contributed by atoms with Crippen molar-refractivity contribution in [3.8, 4) is 0 Å². The molecular formula is C13H16N4O2S. The van der Waals surface area contributed by atoms with Crippen LogP contribution in [0, 0.1) is 0 Å². The fourth-order valence-corrected chi connectivity index (χ4v) is 2.62. The van der Waals surface area contributed by atoms with Gasteiger partial charge in [-0.2, -0.15) is 0 Å². The molecular weight excluding hydrogens is 276 g/mol. The molecule has 0 saturated carbocycles. The lowest BCUT2D eigenvalue weighted by molar-refractivity contribution is 0.601. The van der Waals surface area contributed by atoms with Crippen molar-refractivity contribution in [3.63, 3.8) is 0 Å². The third kappa shape index (κ3) is 3.45. The number of sulfonamides is 1. The average molecular weight is 292 g/mol. The first-order chi connectivity index (χ1) is 9.51. The van der Waals surface area contributed by atoms with Crippen molar-refractivity contribution in [2.45, 2.75) is 24.7 Å². The molecule has 1 heterocycles. The van der Waals surface area contributed by atoms with Crippen LogP contribution in [0.5, 0.6) is 0 Å². The van der Waals surface area contributed by atoms with Crippen LogP contribution in [0.2, 0.25) is 0 Å². The fourth-order valence-electron chi connectivity index (χ4n) is 1.67. The number of aryl methyl sites for hydroxylation is 1. The minimum Gasteiger partial charge on any atom is -0.399 e. The Labute approximate surface area is 118 Å². The summed E-state index contributed by atoms with van der Waals surface area (Å²) in [4.78, 5) is 8.21. The minimum atomic E-state index is -3.69. The third-order valence-corrected chi connectivity index (χ3v) is 3.98. The topological polar surface area (TPSA) is 98.0 Å². The van der Waals surface area contributed by atoms with Gasteiger partial charge in [0.2, 0.25) is 5.95 Å². The molecule has 0 aliphatic rings. The van der Waals surface area contributed by atoms with E-state index in [0.29, 0.717) is 5.69 Å². The highest BCUT2D eigenvalue weighted by atomic mass is 32.2. The van der Waals surface area contributed by atoms with E-state index in [2.05, 4.69) is 14.7 Å². The molecule has 6 nitrogen and oxygen atoms in total. The van der Waals surface area contributed by atoms with E-state index in [-0.39, 0.29) is 10.8 Å². The van der Waals surface area contributed by atoms with E-state index in [4.69, 9.17) is 5.73 Å². The maximum Gasteiger partial charge on any atom is 0.264 e. The molecule has 3 N–H and O–H groups in total. The summed E-state index contributed by atoms with van der Waals surface area (Å²) < 4.78 is 26.7. The Morgan fingerprint density at radius 2 is 1.90 bits per heavy atom. The van der Waals surface area contributed by atoms with Crippen LogP contribution >= 0.6 is 0 Å². The molecule has 106 valence electrons. The highest BCUT2D eigenvalue weighted by molar-refractivity contribution is 7.92. The number of nitrogens with zero attached hydrogens (tertiary/aromatic N) is 2. The summed E-state index contributed by atoms with van der Waals surface area (Å²) in [6, 6.07) is 7.71. The van der Waals surface area contributed by atoms with Gasteiger partial charge in [0.15, 0.2) is 0 Å². The minimum absolute atomic E-state index is 0.0766. The average Bonchev–Trinajstić information content (AvgIpc) is 2.39. The summed E-state index contributed by atoms with van der Waals surface area (Å²) in [5.74, 6) is 0.0766. The summed E-state index contributed by atoms with van der Waals surface area (Å²) in [7, 11) is -3.69. The van der Waals surface area contributed by atoms with Crippen molar-refractivity contribution in [1.29, 1.82) is 0 Å². The summed E-state index contributed by atoms with van der Waals surface area (Å²) in [5.41, 5.74) is 6.84. The zero-order valence-corrected chi connectivity index (χ0v) is 11.9. The Hall–Kier alpha value is -2.15. The first kappa shape index (κ1) is 14.3. The first-order valence-corrected chi connectivity index (χ1v) is 7.70. The number of anilines is 2. The van der Waals surface area contributed by atoms with Gasteiger partial charge in [-0.3, -0.25) is 0 Å². The molecule has 20 heavy (non-hydrogen) atoms. The number of aromatic nitrogens is 2. The molecule has 2 aromatic rings.